The number of amides is 5. The fraction of sp³-hybridized carbons (Fsp3) is 0.263. The van der Waals surface area contributed by atoms with E-state index in [0.29, 0.717) is 30.1 Å². The number of urea groups is 1. The van der Waals surface area contributed by atoms with E-state index in [1.54, 1.807) is 35.4 Å². The summed E-state index contributed by atoms with van der Waals surface area (Å²) in [6, 6.07) is 5.00. The van der Waals surface area contributed by atoms with Crippen LogP contribution in [0.25, 0.3) is 0 Å². The van der Waals surface area contributed by atoms with Gasteiger partial charge in [0.25, 0.3) is 11.8 Å². The lowest BCUT2D eigenvalue weighted by molar-refractivity contribution is -0.134. The van der Waals surface area contributed by atoms with E-state index in [4.69, 9.17) is 11.6 Å². The number of imide groups is 1. The van der Waals surface area contributed by atoms with Crippen molar-refractivity contribution in [2.24, 2.45) is 0 Å². The first-order valence-corrected chi connectivity index (χ1v) is 9.57. The van der Waals surface area contributed by atoms with Gasteiger partial charge in [0, 0.05) is 41.9 Å². The molecular weight excluding hydrogens is 412 g/mol. The van der Waals surface area contributed by atoms with Crippen molar-refractivity contribution in [2.75, 3.05) is 11.9 Å². The highest BCUT2D eigenvalue weighted by molar-refractivity contribution is 6.30. The fourth-order valence-corrected chi connectivity index (χ4v) is 3.40. The number of nitrogens with zero attached hydrogens (tertiary/aromatic N) is 3. The summed E-state index contributed by atoms with van der Waals surface area (Å²) in [6.45, 7) is 0.706. The highest BCUT2D eigenvalue weighted by Crippen LogP contribution is 2.19. The molecule has 0 aliphatic carbocycles. The predicted octanol–water partition coefficient (Wildman–Crippen LogP) is 0.865. The molecule has 1 unspecified atom stereocenters. The molecule has 1 atom stereocenters. The number of anilines is 1. The number of carbonyl (C=O) groups excluding carboxylic acids is 4. The van der Waals surface area contributed by atoms with E-state index in [1.807, 2.05) is 0 Å². The van der Waals surface area contributed by atoms with Crippen LogP contribution in [0.4, 0.5) is 10.7 Å². The summed E-state index contributed by atoms with van der Waals surface area (Å²) < 4.78 is 0. The molecule has 0 saturated carbocycles. The van der Waals surface area contributed by atoms with E-state index in [0.717, 1.165) is 11.3 Å². The van der Waals surface area contributed by atoms with Gasteiger partial charge >= 0.3 is 6.03 Å². The molecular formula is C19H17ClN6O4. The van der Waals surface area contributed by atoms with Crippen molar-refractivity contribution in [3.8, 4) is 0 Å². The van der Waals surface area contributed by atoms with E-state index >= 15 is 0 Å². The Morgan fingerprint density at radius 3 is 2.70 bits per heavy atom. The maximum Gasteiger partial charge on any atom is 0.322 e. The number of hydrogen-bond acceptors (Lipinski definition) is 6. The maximum atomic E-state index is 12.5. The lowest BCUT2D eigenvalue weighted by Gasteiger charge is -2.28. The third kappa shape index (κ3) is 4.23. The number of aromatic nitrogens is 2. The van der Waals surface area contributed by atoms with Crippen LogP contribution in [-0.2, 0) is 22.6 Å². The second-order valence-corrected chi connectivity index (χ2v) is 7.35. The third-order valence-electron chi connectivity index (χ3n) is 4.86. The Bertz CT molecular complexity index is 1040. The van der Waals surface area contributed by atoms with Crippen LogP contribution in [0, 0.1) is 0 Å². The first-order valence-electron chi connectivity index (χ1n) is 9.20. The molecule has 3 heterocycles. The lowest BCUT2D eigenvalue weighted by Crippen LogP contribution is -2.41. The fourth-order valence-electron chi connectivity index (χ4n) is 3.27. The van der Waals surface area contributed by atoms with Crippen molar-refractivity contribution in [3.63, 3.8) is 0 Å². The molecule has 1 aromatic heterocycles. The van der Waals surface area contributed by atoms with Gasteiger partial charge in [0.05, 0.1) is 12.1 Å². The predicted molar refractivity (Wildman–Crippen MR) is 106 cm³/mol. The Hall–Kier alpha value is -3.53. The van der Waals surface area contributed by atoms with Crippen molar-refractivity contribution in [3.05, 3.63) is 52.3 Å². The Kier molecular flexibility index (Phi) is 5.32. The maximum absolute atomic E-state index is 12.5. The van der Waals surface area contributed by atoms with Gasteiger partial charge in [-0.15, -0.1) is 0 Å². The number of benzene rings is 1. The Balaban J connectivity index is 1.38. The molecule has 1 fully saturated rings. The molecule has 2 aromatic rings. The molecule has 154 valence electrons. The monoisotopic (exact) mass is 428 g/mol. The van der Waals surface area contributed by atoms with E-state index in [2.05, 4.69) is 25.9 Å². The average Bonchev–Trinajstić information content (AvgIpc) is 3.04. The van der Waals surface area contributed by atoms with Crippen molar-refractivity contribution >= 4 is 41.3 Å². The molecule has 10 nitrogen and oxygen atoms in total. The van der Waals surface area contributed by atoms with E-state index in [-0.39, 0.29) is 24.2 Å². The smallest absolute Gasteiger partial charge is 0.322 e. The molecule has 4 rings (SSSR count). The van der Waals surface area contributed by atoms with Crippen LogP contribution in [0.1, 0.15) is 28.0 Å². The normalized spacial score (nSPS) is 17.8. The minimum atomic E-state index is -0.854. The summed E-state index contributed by atoms with van der Waals surface area (Å²) in [7, 11) is 0. The first kappa shape index (κ1) is 19.8. The third-order valence-corrected chi connectivity index (χ3v) is 5.11. The molecule has 0 bridgehead atoms. The minimum absolute atomic E-state index is 0.108. The van der Waals surface area contributed by atoms with Crippen LogP contribution < -0.4 is 16.0 Å². The molecule has 11 heteroatoms. The summed E-state index contributed by atoms with van der Waals surface area (Å²) in [5.41, 5.74) is 1.94. The van der Waals surface area contributed by atoms with Gasteiger partial charge in [0.1, 0.15) is 6.04 Å². The molecule has 30 heavy (non-hydrogen) atoms. The Labute approximate surface area is 176 Å². The zero-order chi connectivity index (χ0) is 21.3. The largest absolute Gasteiger partial charge is 0.338 e. The number of rotatable bonds is 4. The molecule has 2 aliphatic heterocycles. The quantitative estimate of drug-likeness (QED) is 0.618. The molecule has 0 radical (unpaired) electrons. The molecule has 0 spiro atoms. The van der Waals surface area contributed by atoms with Gasteiger partial charge in [-0.2, -0.15) is 0 Å². The zero-order valence-corrected chi connectivity index (χ0v) is 16.4. The van der Waals surface area contributed by atoms with Gasteiger partial charge in [-0.05, 0) is 24.3 Å². The molecule has 5 amide bonds. The highest BCUT2D eigenvalue weighted by atomic mass is 35.5. The Morgan fingerprint density at radius 1 is 1.23 bits per heavy atom. The van der Waals surface area contributed by atoms with Gasteiger partial charge < -0.3 is 10.2 Å². The van der Waals surface area contributed by atoms with Crippen LogP contribution in [0.15, 0.2) is 30.5 Å². The summed E-state index contributed by atoms with van der Waals surface area (Å²) >= 11 is 5.83. The number of hydrogen-bond donors (Lipinski definition) is 3. The van der Waals surface area contributed by atoms with Gasteiger partial charge in [-0.25, -0.2) is 14.8 Å². The number of halogens is 1. The average molecular weight is 429 g/mol. The summed E-state index contributed by atoms with van der Waals surface area (Å²) in [5, 5.41) is 7.71. The summed E-state index contributed by atoms with van der Waals surface area (Å²) in [5.74, 6) is -0.923. The summed E-state index contributed by atoms with van der Waals surface area (Å²) in [4.78, 5) is 57.7. The first-order chi connectivity index (χ1) is 14.4. The van der Waals surface area contributed by atoms with Crippen molar-refractivity contribution in [1.82, 2.24) is 25.5 Å². The van der Waals surface area contributed by atoms with Crippen LogP contribution >= 0.6 is 11.6 Å². The lowest BCUT2D eigenvalue weighted by atomic mass is 10.1. The van der Waals surface area contributed by atoms with Gasteiger partial charge in [-0.3, -0.25) is 25.0 Å². The minimum Gasteiger partial charge on any atom is -0.338 e. The number of fused-ring (bicyclic) bond motifs is 1. The van der Waals surface area contributed by atoms with E-state index in [9.17, 15) is 19.2 Å². The molecule has 1 saturated heterocycles. The highest BCUT2D eigenvalue weighted by Gasteiger charge is 2.33. The topological polar surface area (TPSA) is 133 Å². The van der Waals surface area contributed by atoms with Gasteiger partial charge in [-0.1, -0.05) is 11.6 Å². The second-order valence-electron chi connectivity index (χ2n) is 6.91. The van der Waals surface area contributed by atoms with Crippen molar-refractivity contribution < 1.29 is 19.2 Å². The SMILES string of the molecule is O=C1NC(=O)C(CC(=O)N2CCc3nc(NC(=O)c4ccc(Cl)cc4)ncc3C2)N1. The van der Waals surface area contributed by atoms with E-state index in [1.165, 1.54) is 0 Å². The van der Waals surface area contributed by atoms with Crippen molar-refractivity contribution in [1.29, 1.82) is 0 Å². The molecule has 2 aliphatic rings. The molecule has 3 N–H and O–H groups in total. The van der Waals surface area contributed by atoms with E-state index < -0.39 is 18.0 Å². The van der Waals surface area contributed by atoms with Crippen LogP contribution in [0.3, 0.4) is 0 Å². The zero-order valence-electron chi connectivity index (χ0n) is 15.6. The standard InChI is InChI=1S/C19H17ClN6O4/c20-12-3-1-10(2-4-12)16(28)24-18-21-8-11-9-26(6-5-13(11)22-18)15(27)7-14-17(29)25-19(30)23-14/h1-4,8,14H,5-7,9H2,(H,21,22,24,28)(H2,23,25,29,30). The van der Waals surface area contributed by atoms with Crippen LogP contribution in [0.5, 0.6) is 0 Å². The Morgan fingerprint density at radius 2 is 2.00 bits per heavy atom. The van der Waals surface area contributed by atoms with Crippen LogP contribution in [0.2, 0.25) is 5.02 Å². The van der Waals surface area contributed by atoms with Crippen LogP contribution in [-0.4, -0.2) is 51.2 Å². The number of nitrogens with one attached hydrogen (secondary N) is 3. The second kappa shape index (κ2) is 8.07. The molecule has 1 aromatic carbocycles. The van der Waals surface area contributed by atoms with Crippen molar-refractivity contribution in [2.45, 2.75) is 25.4 Å². The van der Waals surface area contributed by atoms with Gasteiger partial charge in [0.15, 0.2) is 0 Å². The summed E-state index contributed by atoms with van der Waals surface area (Å²) in [6.07, 6.45) is 1.95. The number of carbonyl (C=O) groups is 4. The van der Waals surface area contributed by atoms with Gasteiger partial charge in [0.2, 0.25) is 11.9 Å².